The molecule has 26 heavy (non-hydrogen) atoms. The van der Waals surface area contributed by atoms with Gasteiger partial charge in [-0.15, -0.1) is 0 Å². The minimum atomic E-state index is -0.284. The lowest BCUT2D eigenvalue weighted by Crippen LogP contribution is -2.12. The van der Waals surface area contributed by atoms with Crippen LogP contribution in [0.3, 0.4) is 0 Å². The summed E-state index contributed by atoms with van der Waals surface area (Å²) in [6, 6.07) is 22.9. The summed E-state index contributed by atoms with van der Waals surface area (Å²) in [6.07, 6.45) is 1.70. The third kappa shape index (κ3) is 3.17. The molecule has 4 rings (SSSR count). The molecule has 1 amide bonds. The van der Waals surface area contributed by atoms with Crippen LogP contribution in [0.5, 0.6) is 0 Å². The zero-order valence-electron chi connectivity index (χ0n) is 13.8. The van der Waals surface area contributed by atoms with Crippen molar-refractivity contribution in [2.24, 2.45) is 0 Å². The Bertz CT molecular complexity index is 1090. The minimum Gasteiger partial charge on any atom is -0.320 e. The van der Waals surface area contributed by atoms with E-state index in [1.165, 1.54) is 12.1 Å². The molecule has 0 saturated carbocycles. The largest absolute Gasteiger partial charge is 0.320 e. The third-order valence-corrected chi connectivity index (χ3v) is 4.19. The molecule has 0 unspecified atom stereocenters. The first kappa shape index (κ1) is 16.0. The van der Waals surface area contributed by atoms with E-state index in [0.717, 1.165) is 22.0 Å². The molecule has 0 aliphatic carbocycles. The van der Waals surface area contributed by atoms with Crippen molar-refractivity contribution in [3.05, 3.63) is 96.4 Å². The monoisotopic (exact) mass is 342 g/mol. The maximum absolute atomic E-state index is 13.4. The number of hydrogen-bond donors (Lipinski definition) is 1. The van der Waals surface area contributed by atoms with Crippen LogP contribution in [0.2, 0.25) is 0 Å². The fourth-order valence-corrected chi connectivity index (χ4v) is 2.88. The van der Waals surface area contributed by atoms with Crippen molar-refractivity contribution in [1.29, 1.82) is 0 Å². The first-order valence-electron chi connectivity index (χ1n) is 8.22. The Morgan fingerprint density at radius 2 is 1.62 bits per heavy atom. The van der Waals surface area contributed by atoms with E-state index >= 15 is 0 Å². The number of rotatable bonds is 3. The molecule has 1 N–H and O–H groups in total. The van der Waals surface area contributed by atoms with E-state index in [1.54, 1.807) is 24.4 Å². The van der Waals surface area contributed by atoms with E-state index in [2.05, 4.69) is 10.3 Å². The van der Waals surface area contributed by atoms with Crippen LogP contribution in [0.25, 0.3) is 22.0 Å². The average Bonchev–Trinajstić information content (AvgIpc) is 2.68. The van der Waals surface area contributed by atoms with E-state index in [-0.39, 0.29) is 11.7 Å². The first-order valence-corrected chi connectivity index (χ1v) is 8.22. The summed E-state index contributed by atoms with van der Waals surface area (Å²) >= 11 is 0. The maximum atomic E-state index is 13.4. The lowest BCUT2D eigenvalue weighted by molar-refractivity contribution is 0.102. The molecule has 0 saturated heterocycles. The summed E-state index contributed by atoms with van der Waals surface area (Å²) in [5.41, 5.74) is 3.57. The molecule has 1 heterocycles. The molecule has 0 radical (unpaired) electrons. The Balaban J connectivity index is 1.58. The molecule has 4 aromatic rings. The lowest BCUT2D eigenvalue weighted by Gasteiger charge is -2.09. The number of hydrogen-bond acceptors (Lipinski definition) is 2. The van der Waals surface area contributed by atoms with Gasteiger partial charge in [0, 0.05) is 17.1 Å². The predicted octanol–water partition coefficient (Wildman–Crippen LogP) is 5.29. The van der Waals surface area contributed by atoms with Crippen molar-refractivity contribution in [2.45, 2.75) is 0 Å². The van der Waals surface area contributed by atoms with Gasteiger partial charge in [0.2, 0.25) is 0 Å². The number of amides is 1. The van der Waals surface area contributed by atoms with Crippen molar-refractivity contribution in [3.8, 4) is 11.1 Å². The summed E-state index contributed by atoms with van der Waals surface area (Å²) in [6.45, 7) is 0. The van der Waals surface area contributed by atoms with Crippen LogP contribution in [0.4, 0.5) is 10.1 Å². The number of para-hydroxylation sites is 1. The van der Waals surface area contributed by atoms with Gasteiger partial charge in [-0.2, -0.15) is 0 Å². The second-order valence-electron chi connectivity index (χ2n) is 5.92. The number of nitrogens with one attached hydrogen (secondary N) is 1. The minimum absolute atomic E-state index is 0.214. The van der Waals surface area contributed by atoms with Gasteiger partial charge in [-0.3, -0.25) is 9.78 Å². The van der Waals surface area contributed by atoms with E-state index in [9.17, 15) is 9.18 Å². The number of pyridine rings is 1. The van der Waals surface area contributed by atoms with Crippen molar-refractivity contribution < 1.29 is 9.18 Å². The van der Waals surface area contributed by atoms with Gasteiger partial charge in [-0.25, -0.2) is 4.39 Å². The molecule has 0 aliphatic rings. The second kappa shape index (κ2) is 6.76. The zero-order chi connectivity index (χ0) is 17.9. The van der Waals surface area contributed by atoms with Gasteiger partial charge in [0.25, 0.3) is 5.91 Å². The molecule has 0 bridgehead atoms. The molecular weight excluding hydrogens is 327 g/mol. The van der Waals surface area contributed by atoms with Crippen LogP contribution >= 0.6 is 0 Å². The zero-order valence-corrected chi connectivity index (χ0v) is 13.8. The van der Waals surface area contributed by atoms with E-state index in [4.69, 9.17) is 0 Å². The van der Waals surface area contributed by atoms with E-state index in [1.807, 2.05) is 48.5 Å². The molecule has 126 valence electrons. The Kier molecular flexibility index (Phi) is 4.15. The first-order chi connectivity index (χ1) is 12.7. The molecule has 3 aromatic carbocycles. The fourth-order valence-electron chi connectivity index (χ4n) is 2.88. The number of fused-ring (bicyclic) bond motifs is 1. The molecule has 0 fully saturated rings. The molecular formula is C22H15FN2O. The highest BCUT2D eigenvalue weighted by atomic mass is 19.1. The summed E-state index contributed by atoms with van der Waals surface area (Å²) in [4.78, 5) is 16.9. The van der Waals surface area contributed by atoms with Crippen LogP contribution in [0, 0.1) is 5.82 Å². The fraction of sp³-hybridized carbons (Fsp3) is 0. The van der Waals surface area contributed by atoms with Gasteiger partial charge >= 0.3 is 0 Å². The number of anilines is 1. The number of aromatic nitrogens is 1. The SMILES string of the molecule is O=C(Nc1cccc2cccnc12)c1ccc(-c2cccc(F)c2)cc1. The van der Waals surface area contributed by atoms with Gasteiger partial charge in [0.05, 0.1) is 11.2 Å². The smallest absolute Gasteiger partial charge is 0.255 e. The van der Waals surface area contributed by atoms with Crippen molar-refractivity contribution in [2.75, 3.05) is 5.32 Å². The number of nitrogens with zero attached hydrogens (tertiary/aromatic N) is 1. The van der Waals surface area contributed by atoms with E-state index < -0.39 is 0 Å². The quantitative estimate of drug-likeness (QED) is 0.549. The topological polar surface area (TPSA) is 42.0 Å². The summed E-state index contributed by atoms with van der Waals surface area (Å²) in [5.74, 6) is -0.498. The van der Waals surface area contributed by atoms with Crippen LogP contribution in [0.1, 0.15) is 10.4 Å². The molecule has 0 aliphatic heterocycles. The predicted molar refractivity (Wildman–Crippen MR) is 102 cm³/mol. The second-order valence-corrected chi connectivity index (χ2v) is 5.92. The van der Waals surface area contributed by atoms with Crippen LogP contribution in [-0.4, -0.2) is 10.9 Å². The van der Waals surface area contributed by atoms with Crippen molar-refractivity contribution in [1.82, 2.24) is 4.98 Å². The Morgan fingerprint density at radius 3 is 2.42 bits per heavy atom. The van der Waals surface area contributed by atoms with Gasteiger partial charge < -0.3 is 5.32 Å². The Labute approximate surface area is 150 Å². The van der Waals surface area contributed by atoms with Gasteiger partial charge in [0.15, 0.2) is 0 Å². The van der Waals surface area contributed by atoms with Crippen LogP contribution in [0.15, 0.2) is 85.1 Å². The number of carbonyl (C=O) groups is 1. The maximum Gasteiger partial charge on any atom is 0.255 e. The van der Waals surface area contributed by atoms with Gasteiger partial charge in [-0.05, 0) is 47.5 Å². The molecule has 0 atom stereocenters. The summed E-state index contributed by atoms with van der Waals surface area (Å²) in [7, 11) is 0. The number of benzene rings is 3. The van der Waals surface area contributed by atoms with Gasteiger partial charge in [-0.1, -0.05) is 42.5 Å². The highest BCUT2D eigenvalue weighted by Crippen LogP contribution is 2.23. The third-order valence-electron chi connectivity index (χ3n) is 4.19. The Morgan fingerprint density at radius 1 is 0.846 bits per heavy atom. The molecule has 1 aromatic heterocycles. The molecule has 0 spiro atoms. The number of halogens is 1. The van der Waals surface area contributed by atoms with Crippen LogP contribution in [-0.2, 0) is 0 Å². The standard InChI is InChI=1S/C22H15FN2O/c23-19-7-1-5-18(14-19)15-9-11-17(12-10-15)22(26)25-20-8-2-4-16-6-3-13-24-21(16)20/h1-14H,(H,25,26). The van der Waals surface area contributed by atoms with Gasteiger partial charge in [0.1, 0.15) is 5.82 Å². The highest BCUT2D eigenvalue weighted by Gasteiger charge is 2.09. The Hall–Kier alpha value is -3.53. The molecule has 4 heteroatoms. The number of carbonyl (C=O) groups excluding carboxylic acids is 1. The highest BCUT2D eigenvalue weighted by molar-refractivity contribution is 6.08. The molecule has 3 nitrogen and oxygen atoms in total. The summed E-state index contributed by atoms with van der Waals surface area (Å²) in [5, 5.41) is 3.87. The van der Waals surface area contributed by atoms with Crippen molar-refractivity contribution >= 4 is 22.5 Å². The lowest BCUT2D eigenvalue weighted by atomic mass is 10.0. The van der Waals surface area contributed by atoms with Crippen molar-refractivity contribution in [3.63, 3.8) is 0 Å². The van der Waals surface area contributed by atoms with Crippen LogP contribution < -0.4 is 5.32 Å². The van der Waals surface area contributed by atoms with E-state index in [0.29, 0.717) is 11.3 Å². The normalized spacial score (nSPS) is 10.7. The summed E-state index contributed by atoms with van der Waals surface area (Å²) < 4.78 is 13.4. The average molecular weight is 342 g/mol.